The van der Waals surface area contributed by atoms with Crippen LogP contribution in [0.1, 0.15) is 5.56 Å². The first-order chi connectivity index (χ1) is 10.9. The fraction of sp³-hybridized carbons (Fsp3) is 0.111. The van der Waals surface area contributed by atoms with Gasteiger partial charge in [-0.15, -0.1) is 0 Å². The topological polar surface area (TPSA) is 119 Å². The maximum Gasteiger partial charge on any atom is 0.203 e. The number of benzene rings is 2. The second-order valence-corrected chi connectivity index (χ2v) is 5.68. The Bertz CT molecular complexity index is 789. The summed E-state index contributed by atoms with van der Waals surface area (Å²) in [6.45, 7) is 0. The molecule has 0 saturated heterocycles. The van der Waals surface area contributed by atoms with Crippen LogP contribution in [-0.2, 0) is 0 Å². The minimum atomic E-state index is -2.08. The van der Waals surface area contributed by atoms with Gasteiger partial charge in [-0.25, -0.2) is 0 Å². The van der Waals surface area contributed by atoms with E-state index in [4.69, 9.17) is 17.2 Å². The van der Waals surface area contributed by atoms with E-state index >= 15 is 0 Å². The van der Waals surface area contributed by atoms with Crippen molar-refractivity contribution in [2.45, 2.75) is 11.8 Å². The third-order valence-corrected chi connectivity index (χ3v) is 3.94. The number of hydrogen-bond donors (Lipinski definition) is 5. The summed E-state index contributed by atoms with van der Waals surface area (Å²) in [6, 6.07) is 12.0. The highest BCUT2D eigenvalue weighted by molar-refractivity contribution is 5.86. The van der Waals surface area contributed by atoms with Gasteiger partial charge in [-0.05, 0) is 46.5 Å². The normalized spacial score (nSPS) is 19.4. The smallest absolute Gasteiger partial charge is 0.203 e. The summed E-state index contributed by atoms with van der Waals surface area (Å²) in [7, 11) is 0. The molecule has 0 saturated carbocycles. The summed E-state index contributed by atoms with van der Waals surface area (Å²) in [5, 5.41) is 20.0. The quantitative estimate of drug-likeness (QED) is 0.425. The van der Waals surface area contributed by atoms with Gasteiger partial charge in [0, 0.05) is 11.4 Å². The monoisotopic (exact) mass is 309 g/mol. The van der Waals surface area contributed by atoms with Crippen LogP contribution in [0.2, 0.25) is 0 Å². The molecule has 0 spiro atoms. The first-order valence-corrected chi connectivity index (χ1v) is 7.24. The molecule has 5 heteroatoms. The number of hydrogen-bond acceptors (Lipinski definition) is 5. The van der Waals surface area contributed by atoms with Crippen LogP contribution in [0.15, 0.2) is 60.7 Å². The third-order valence-electron chi connectivity index (χ3n) is 3.94. The van der Waals surface area contributed by atoms with Crippen LogP contribution in [0.4, 0.5) is 11.4 Å². The minimum absolute atomic E-state index is 0.565. The van der Waals surface area contributed by atoms with Gasteiger partial charge in [0.05, 0.1) is 6.04 Å². The zero-order valence-electron chi connectivity index (χ0n) is 12.5. The molecule has 2 aromatic rings. The molecule has 1 atom stereocenters. The van der Waals surface area contributed by atoms with Crippen LogP contribution < -0.4 is 17.2 Å². The number of allylic oxidation sites excluding steroid dienone is 2. The van der Waals surface area contributed by atoms with Crippen molar-refractivity contribution in [2.24, 2.45) is 5.73 Å². The first-order valence-electron chi connectivity index (χ1n) is 7.24. The molecule has 8 N–H and O–H groups in total. The van der Waals surface area contributed by atoms with Gasteiger partial charge < -0.3 is 27.4 Å². The molecule has 23 heavy (non-hydrogen) atoms. The molecule has 3 rings (SSSR count). The lowest BCUT2D eigenvalue weighted by Gasteiger charge is -2.31. The summed E-state index contributed by atoms with van der Waals surface area (Å²) in [5.41, 5.74) is 22.1. The standard InChI is InChI=1S/C18H19N3O2/c19-12-8-11(9-13(20)10-12)14-4-1-2-5-15(14)16-6-3-7-18(22,23)17(16)21/h1-10,17,22-23H,19-21H2. The molecule has 0 amide bonds. The van der Waals surface area contributed by atoms with Crippen LogP contribution >= 0.6 is 0 Å². The molecule has 118 valence electrons. The predicted octanol–water partition coefficient (Wildman–Crippen LogP) is 1.48. The average Bonchev–Trinajstić information content (AvgIpc) is 2.49. The Hall–Kier alpha value is -2.60. The number of aliphatic hydroxyl groups is 2. The highest BCUT2D eigenvalue weighted by Gasteiger charge is 2.34. The Morgan fingerprint density at radius 2 is 1.52 bits per heavy atom. The van der Waals surface area contributed by atoms with Crippen molar-refractivity contribution in [1.82, 2.24) is 0 Å². The maximum absolute atomic E-state index is 9.99. The minimum Gasteiger partial charge on any atom is -0.399 e. The van der Waals surface area contributed by atoms with Crippen LogP contribution in [0.25, 0.3) is 16.7 Å². The van der Waals surface area contributed by atoms with Gasteiger partial charge in [-0.1, -0.05) is 36.4 Å². The van der Waals surface area contributed by atoms with E-state index in [2.05, 4.69) is 0 Å². The van der Waals surface area contributed by atoms with Crippen molar-refractivity contribution >= 4 is 16.9 Å². The van der Waals surface area contributed by atoms with Crippen molar-refractivity contribution in [1.29, 1.82) is 0 Å². The van der Waals surface area contributed by atoms with Gasteiger partial charge in [-0.2, -0.15) is 0 Å². The van der Waals surface area contributed by atoms with Crippen LogP contribution in [0, 0.1) is 0 Å². The van der Waals surface area contributed by atoms with E-state index in [1.807, 2.05) is 36.4 Å². The number of nitrogen functional groups attached to an aromatic ring is 2. The third kappa shape index (κ3) is 2.85. The lowest BCUT2D eigenvalue weighted by molar-refractivity contribution is -0.123. The van der Waals surface area contributed by atoms with E-state index in [0.29, 0.717) is 16.9 Å². The maximum atomic E-state index is 9.99. The van der Waals surface area contributed by atoms with Gasteiger partial charge in [0.1, 0.15) is 0 Å². The van der Waals surface area contributed by atoms with E-state index in [0.717, 1.165) is 16.7 Å². The highest BCUT2D eigenvalue weighted by atomic mass is 16.5. The lowest BCUT2D eigenvalue weighted by Crippen LogP contribution is -2.48. The number of nitrogens with two attached hydrogens (primary N) is 3. The van der Waals surface area contributed by atoms with Crippen LogP contribution in [0.5, 0.6) is 0 Å². The summed E-state index contributed by atoms with van der Waals surface area (Å²) in [5.74, 6) is -2.08. The molecule has 1 aliphatic rings. The summed E-state index contributed by atoms with van der Waals surface area (Å²) < 4.78 is 0. The van der Waals surface area contributed by atoms with E-state index in [9.17, 15) is 10.2 Å². The molecule has 0 radical (unpaired) electrons. The molecule has 0 bridgehead atoms. The van der Waals surface area contributed by atoms with Gasteiger partial charge in [0.15, 0.2) is 0 Å². The van der Waals surface area contributed by atoms with Crippen molar-refractivity contribution in [3.05, 3.63) is 66.3 Å². The molecule has 0 aliphatic heterocycles. The van der Waals surface area contributed by atoms with Crippen molar-refractivity contribution < 1.29 is 10.2 Å². The largest absolute Gasteiger partial charge is 0.399 e. The Morgan fingerprint density at radius 3 is 2.17 bits per heavy atom. The number of rotatable bonds is 2. The van der Waals surface area contributed by atoms with Crippen LogP contribution in [-0.4, -0.2) is 22.0 Å². The molecular weight excluding hydrogens is 290 g/mol. The first kappa shape index (κ1) is 15.3. The van der Waals surface area contributed by atoms with Crippen molar-refractivity contribution in [3.63, 3.8) is 0 Å². The Balaban J connectivity index is 2.16. The summed E-state index contributed by atoms with van der Waals surface area (Å²) >= 11 is 0. The fourth-order valence-electron chi connectivity index (χ4n) is 2.81. The van der Waals surface area contributed by atoms with Gasteiger partial charge in [0.25, 0.3) is 0 Å². The highest BCUT2D eigenvalue weighted by Crippen LogP contribution is 2.35. The fourth-order valence-corrected chi connectivity index (χ4v) is 2.81. The Labute approximate surface area is 134 Å². The average molecular weight is 309 g/mol. The molecular formula is C18H19N3O2. The van der Waals surface area contributed by atoms with Gasteiger partial charge in [0.2, 0.25) is 5.79 Å². The Morgan fingerprint density at radius 1 is 0.913 bits per heavy atom. The van der Waals surface area contributed by atoms with E-state index in [1.165, 1.54) is 6.08 Å². The second-order valence-electron chi connectivity index (χ2n) is 5.68. The summed E-state index contributed by atoms with van der Waals surface area (Å²) in [4.78, 5) is 0. The summed E-state index contributed by atoms with van der Waals surface area (Å²) in [6.07, 6.45) is 4.63. The lowest BCUT2D eigenvalue weighted by atomic mass is 9.85. The molecule has 0 aromatic heterocycles. The number of anilines is 2. The molecule has 1 unspecified atom stereocenters. The van der Waals surface area contributed by atoms with Crippen molar-refractivity contribution in [3.8, 4) is 11.1 Å². The predicted molar refractivity (Wildman–Crippen MR) is 93.0 cm³/mol. The molecule has 0 heterocycles. The Kier molecular flexibility index (Phi) is 3.69. The molecule has 0 fully saturated rings. The molecule has 2 aromatic carbocycles. The SMILES string of the molecule is Nc1cc(N)cc(-c2ccccc2C2=CC=CC(O)(O)C2N)c1. The zero-order chi connectivity index (χ0) is 16.6. The zero-order valence-corrected chi connectivity index (χ0v) is 12.5. The second kappa shape index (κ2) is 5.55. The van der Waals surface area contributed by atoms with Crippen molar-refractivity contribution in [2.75, 3.05) is 11.5 Å². The van der Waals surface area contributed by atoms with Crippen LogP contribution in [0.3, 0.4) is 0 Å². The van der Waals surface area contributed by atoms with Gasteiger partial charge >= 0.3 is 0 Å². The van der Waals surface area contributed by atoms with E-state index in [1.54, 1.807) is 18.2 Å². The molecule has 1 aliphatic carbocycles. The van der Waals surface area contributed by atoms with Gasteiger partial charge in [-0.3, -0.25) is 0 Å². The van der Waals surface area contributed by atoms with E-state index < -0.39 is 11.8 Å². The molecule has 5 nitrogen and oxygen atoms in total. The van der Waals surface area contributed by atoms with E-state index in [-0.39, 0.29) is 0 Å².